The summed E-state index contributed by atoms with van der Waals surface area (Å²) in [5, 5.41) is 7.61. The van der Waals surface area contributed by atoms with Gasteiger partial charge in [-0.1, -0.05) is 46.1 Å². The third-order valence-electron chi connectivity index (χ3n) is 0.919. The zero-order valence-corrected chi connectivity index (χ0v) is 10.2. The molecule has 0 bridgehead atoms. The molecule has 0 aliphatic heterocycles. The minimum atomic E-state index is -1.90. The van der Waals surface area contributed by atoms with Crippen molar-refractivity contribution < 1.29 is 4.79 Å². The van der Waals surface area contributed by atoms with E-state index in [1.165, 1.54) is 11.3 Å². The maximum absolute atomic E-state index is 11.1. The molecule has 0 unspecified atom stereocenters. The van der Waals surface area contributed by atoms with Crippen molar-refractivity contribution in [3.63, 3.8) is 0 Å². The number of alkyl halides is 3. The first-order chi connectivity index (χ1) is 5.89. The first kappa shape index (κ1) is 11.5. The molecule has 0 fully saturated rings. The molecule has 0 radical (unpaired) electrons. The Balaban J connectivity index is 2.65. The molecule has 0 aliphatic carbocycles. The van der Waals surface area contributed by atoms with E-state index in [9.17, 15) is 4.79 Å². The zero-order valence-electron chi connectivity index (χ0n) is 6.25. The highest BCUT2D eigenvalue weighted by atomic mass is 35.6. The molecular formula is C5H3Cl3N2OS2. The molecule has 8 heteroatoms. The number of nitrogens with zero attached hydrogens (tertiary/aromatic N) is 2. The van der Waals surface area contributed by atoms with Crippen molar-refractivity contribution in [3.8, 4) is 0 Å². The number of carbonyl (C=O) groups is 1. The predicted molar refractivity (Wildman–Crippen MR) is 55.8 cm³/mol. The Morgan fingerprint density at radius 1 is 1.46 bits per heavy atom. The van der Waals surface area contributed by atoms with E-state index in [1.54, 1.807) is 6.92 Å². The van der Waals surface area contributed by atoms with Gasteiger partial charge in [-0.15, -0.1) is 10.2 Å². The van der Waals surface area contributed by atoms with E-state index in [-0.39, 0.29) is 0 Å². The average molecular weight is 278 g/mol. The fraction of sp³-hybridized carbons (Fsp3) is 0.400. The average Bonchev–Trinajstić information content (AvgIpc) is 2.33. The van der Waals surface area contributed by atoms with Gasteiger partial charge in [-0.05, 0) is 18.7 Å². The van der Waals surface area contributed by atoms with Crippen molar-refractivity contribution in [2.75, 3.05) is 0 Å². The van der Waals surface area contributed by atoms with Crippen molar-refractivity contribution >= 4 is 63.0 Å². The van der Waals surface area contributed by atoms with E-state index >= 15 is 0 Å². The van der Waals surface area contributed by atoms with Crippen LogP contribution in [0.15, 0.2) is 4.34 Å². The number of aryl methyl sites for hydroxylation is 1. The van der Waals surface area contributed by atoms with Crippen LogP contribution in [0.1, 0.15) is 5.01 Å². The van der Waals surface area contributed by atoms with Crippen molar-refractivity contribution in [1.82, 2.24) is 10.2 Å². The highest BCUT2D eigenvalue weighted by molar-refractivity contribution is 8.15. The topological polar surface area (TPSA) is 42.9 Å². The summed E-state index contributed by atoms with van der Waals surface area (Å²) < 4.78 is -1.42. The third kappa shape index (κ3) is 3.59. The molecular weight excluding hydrogens is 275 g/mol. The third-order valence-corrected chi connectivity index (χ3v) is 3.65. The zero-order chi connectivity index (χ0) is 10.1. The summed E-state index contributed by atoms with van der Waals surface area (Å²) in [5.74, 6) is 0. The molecule has 0 amide bonds. The van der Waals surface area contributed by atoms with E-state index in [2.05, 4.69) is 10.2 Å². The van der Waals surface area contributed by atoms with Gasteiger partial charge in [0.05, 0.1) is 0 Å². The van der Waals surface area contributed by atoms with Gasteiger partial charge in [0, 0.05) is 0 Å². The minimum absolute atomic E-state index is 0.480. The molecule has 0 spiro atoms. The van der Waals surface area contributed by atoms with Crippen LogP contribution in [0.2, 0.25) is 0 Å². The Kier molecular flexibility index (Phi) is 3.82. The number of thioether (sulfide) groups is 1. The lowest BCUT2D eigenvalue weighted by Crippen LogP contribution is -2.14. The Labute approximate surface area is 97.8 Å². The summed E-state index contributed by atoms with van der Waals surface area (Å²) in [7, 11) is 0. The Hall–Kier alpha value is 0.450. The van der Waals surface area contributed by atoms with Gasteiger partial charge < -0.3 is 0 Å². The molecule has 13 heavy (non-hydrogen) atoms. The predicted octanol–water partition coefficient (Wildman–Crippen LogP) is 2.84. The second-order valence-electron chi connectivity index (χ2n) is 1.97. The maximum Gasteiger partial charge on any atom is 0.259 e. The van der Waals surface area contributed by atoms with Gasteiger partial charge in [-0.25, -0.2) is 0 Å². The van der Waals surface area contributed by atoms with Crippen LogP contribution >= 0.6 is 57.9 Å². The summed E-state index contributed by atoms with van der Waals surface area (Å²) in [5.41, 5.74) is 0. The fourth-order valence-electron chi connectivity index (χ4n) is 0.457. The largest absolute Gasteiger partial charge is 0.282 e. The molecule has 0 atom stereocenters. The summed E-state index contributed by atoms with van der Waals surface area (Å²) in [6.07, 6.45) is 0. The lowest BCUT2D eigenvalue weighted by Gasteiger charge is -2.05. The quantitative estimate of drug-likeness (QED) is 0.585. The van der Waals surface area contributed by atoms with Crippen LogP contribution in [-0.4, -0.2) is 19.1 Å². The van der Waals surface area contributed by atoms with Crippen LogP contribution < -0.4 is 0 Å². The number of halogens is 3. The first-order valence-electron chi connectivity index (χ1n) is 2.98. The molecule has 72 valence electrons. The van der Waals surface area contributed by atoms with E-state index in [0.717, 1.165) is 16.8 Å². The van der Waals surface area contributed by atoms with E-state index in [0.29, 0.717) is 4.34 Å². The molecule has 1 aromatic heterocycles. The minimum Gasteiger partial charge on any atom is -0.282 e. The molecule has 1 rings (SSSR count). The Morgan fingerprint density at radius 3 is 2.46 bits per heavy atom. The van der Waals surface area contributed by atoms with Crippen LogP contribution in [-0.2, 0) is 4.79 Å². The molecule has 0 N–H and O–H groups in total. The van der Waals surface area contributed by atoms with Crippen molar-refractivity contribution in [1.29, 1.82) is 0 Å². The van der Waals surface area contributed by atoms with Gasteiger partial charge in [-0.2, -0.15) is 0 Å². The highest BCUT2D eigenvalue weighted by Crippen LogP contribution is 2.35. The Morgan fingerprint density at radius 2 is 2.08 bits per heavy atom. The van der Waals surface area contributed by atoms with E-state index < -0.39 is 8.91 Å². The van der Waals surface area contributed by atoms with Gasteiger partial charge in [0.25, 0.3) is 3.79 Å². The van der Waals surface area contributed by atoms with Crippen LogP contribution in [0, 0.1) is 6.92 Å². The lowest BCUT2D eigenvalue weighted by molar-refractivity contribution is -0.110. The van der Waals surface area contributed by atoms with Crippen molar-refractivity contribution in [2.24, 2.45) is 0 Å². The van der Waals surface area contributed by atoms with Gasteiger partial charge in [-0.3, -0.25) is 4.79 Å². The van der Waals surface area contributed by atoms with Gasteiger partial charge >= 0.3 is 0 Å². The molecule has 0 saturated carbocycles. The first-order valence-corrected chi connectivity index (χ1v) is 5.75. The monoisotopic (exact) mass is 276 g/mol. The van der Waals surface area contributed by atoms with Crippen LogP contribution in [0.4, 0.5) is 0 Å². The second kappa shape index (κ2) is 4.31. The van der Waals surface area contributed by atoms with Gasteiger partial charge in [0.1, 0.15) is 5.01 Å². The summed E-state index contributed by atoms with van der Waals surface area (Å²) in [4.78, 5) is 11.1. The van der Waals surface area contributed by atoms with Gasteiger partial charge in [0.15, 0.2) is 4.34 Å². The summed E-state index contributed by atoms with van der Waals surface area (Å²) in [6, 6.07) is 0. The number of hydrogen-bond donors (Lipinski definition) is 0. The van der Waals surface area contributed by atoms with Crippen LogP contribution in [0.3, 0.4) is 0 Å². The number of carbonyl (C=O) groups excluding carboxylic acids is 1. The molecule has 0 aliphatic rings. The standard InChI is InChI=1S/C5H3Cl3N2OS2/c1-2-9-10-4(12-2)13-3(11)5(6,7)8/h1H3. The number of rotatable bonds is 1. The van der Waals surface area contributed by atoms with Gasteiger partial charge in [0.2, 0.25) is 5.12 Å². The molecule has 3 nitrogen and oxygen atoms in total. The van der Waals surface area contributed by atoms with E-state index in [4.69, 9.17) is 34.8 Å². The lowest BCUT2D eigenvalue weighted by atomic mass is 10.9. The Bertz CT molecular complexity index is 322. The molecule has 1 aromatic rings. The van der Waals surface area contributed by atoms with Crippen molar-refractivity contribution in [2.45, 2.75) is 15.1 Å². The summed E-state index contributed by atoms with van der Waals surface area (Å²) >= 11 is 18.1. The smallest absolute Gasteiger partial charge is 0.259 e. The maximum atomic E-state index is 11.1. The fourth-order valence-corrected chi connectivity index (χ4v) is 2.33. The van der Waals surface area contributed by atoms with Crippen LogP contribution in [0.5, 0.6) is 0 Å². The van der Waals surface area contributed by atoms with E-state index in [1.807, 2.05) is 0 Å². The second-order valence-corrected chi connectivity index (χ2v) is 6.66. The number of aromatic nitrogens is 2. The molecule has 0 aromatic carbocycles. The molecule has 0 saturated heterocycles. The normalized spacial score (nSPS) is 11.7. The number of hydrogen-bond acceptors (Lipinski definition) is 5. The SMILES string of the molecule is Cc1nnc(SC(=O)C(Cl)(Cl)Cl)s1. The van der Waals surface area contributed by atoms with Crippen molar-refractivity contribution in [3.05, 3.63) is 5.01 Å². The highest BCUT2D eigenvalue weighted by Gasteiger charge is 2.32. The summed E-state index contributed by atoms with van der Waals surface area (Å²) in [6.45, 7) is 1.78. The van der Waals surface area contributed by atoms with Crippen LogP contribution in [0.25, 0.3) is 0 Å². The molecule has 1 heterocycles.